The molecule has 2 heterocycles. The minimum Gasteiger partial charge on any atom is -0.475 e. The fourth-order valence-corrected chi connectivity index (χ4v) is 2.14. The lowest BCUT2D eigenvalue weighted by molar-refractivity contribution is 0.0639. The van der Waals surface area contributed by atoms with E-state index in [9.17, 15) is 13.6 Å². The summed E-state index contributed by atoms with van der Waals surface area (Å²) in [6.45, 7) is 2.40. The highest BCUT2D eigenvalue weighted by Gasteiger charge is 2.35. The molecule has 7 heteroatoms. The SMILES string of the molecule is CCC1OCCC1c1nc(C(F)F)c(C(=O)O)o1. The van der Waals surface area contributed by atoms with Gasteiger partial charge >= 0.3 is 5.97 Å². The van der Waals surface area contributed by atoms with Crippen molar-refractivity contribution in [2.75, 3.05) is 6.61 Å². The number of halogens is 2. The van der Waals surface area contributed by atoms with E-state index in [2.05, 4.69) is 4.98 Å². The Labute approximate surface area is 102 Å². The molecule has 1 aliphatic heterocycles. The highest BCUT2D eigenvalue weighted by molar-refractivity contribution is 5.85. The Balaban J connectivity index is 2.34. The normalized spacial score (nSPS) is 23.8. The van der Waals surface area contributed by atoms with E-state index in [4.69, 9.17) is 14.3 Å². The van der Waals surface area contributed by atoms with E-state index in [1.807, 2.05) is 6.92 Å². The molecular formula is C11H13F2NO4. The maximum atomic E-state index is 12.7. The molecule has 0 aliphatic carbocycles. The van der Waals surface area contributed by atoms with Gasteiger partial charge in [0.25, 0.3) is 6.43 Å². The number of hydrogen-bond donors (Lipinski definition) is 1. The number of carboxylic acid groups (broad SMARTS) is 1. The largest absolute Gasteiger partial charge is 0.475 e. The molecule has 1 saturated heterocycles. The van der Waals surface area contributed by atoms with Crippen LogP contribution in [0.4, 0.5) is 8.78 Å². The fraction of sp³-hybridized carbons (Fsp3) is 0.636. The molecule has 100 valence electrons. The Bertz CT molecular complexity index is 446. The molecule has 0 saturated carbocycles. The van der Waals surface area contributed by atoms with Gasteiger partial charge in [-0.2, -0.15) is 0 Å². The number of nitrogens with zero attached hydrogens (tertiary/aromatic N) is 1. The maximum absolute atomic E-state index is 12.7. The average molecular weight is 261 g/mol. The summed E-state index contributed by atoms with van der Waals surface area (Å²) in [7, 11) is 0. The van der Waals surface area contributed by atoms with Gasteiger partial charge in [-0.1, -0.05) is 6.92 Å². The van der Waals surface area contributed by atoms with Crippen molar-refractivity contribution in [2.45, 2.75) is 38.2 Å². The quantitative estimate of drug-likeness (QED) is 0.901. The van der Waals surface area contributed by atoms with Crippen molar-refractivity contribution in [1.82, 2.24) is 4.98 Å². The topological polar surface area (TPSA) is 72.6 Å². The monoisotopic (exact) mass is 261 g/mol. The van der Waals surface area contributed by atoms with Crippen molar-refractivity contribution in [3.8, 4) is 0 Å². The predicted molar refractivity (Wildman–Crippen MR) is 55.8 cm³/mol. The molecule has 1 aromatic rings. The molecule has 0 spiro atoms. The highest BCUT2D eigenvalue weighted by atomic mass is 19.3. The third-order valence-electron chi connectivity index (χ3n) is 3.00. The number of aromatic carboxylic acids is 1. The lowest BCUT2D eigenvalue weighted by Crippen LogP contribution is -2.13. The average Bonchev–Trinajstić information content (AvgIpc) is 2.94. The van der Waals surface area contributed by atoms with Gasteiger partial charge in [0.1, 0.15) is 0 Å². The molecule has 1 N–H and O–H groups in total. The van der Waals surface area contributed by atoms with E-state index >= 15 is 0 Å². The van der Waals surface area contributed by atoms with E-state index in [1.54, 1.807) is 0 Å². The minimum atomic E-state index is -2.96. The van der Waals surface area contributed by atoms with Gasteiger partial charge in [-0.3, -0.25) is 0 Å². The summed E-state index contributed by atoms with van der Waals surface area (Å²) in [6, 6.07) is 0. The van der Waals surface area contributed by atoms with Crippen LogP contribution < -0.4 is 0 Å². The molecule has 0 radical (unpaired) electrons. The van der Waals surface area contributed by atoms with E-state index in [-0.39, 0.29) is 17.9 Å². The van der Waals surface area contributed by atoms with Crippen LogP contribution in [-0.2, 0) is 4.74 Å². The zero-order valence-corrected chi connectivity index (χ0v) is 9.73. The van der Waals surface area contributed by atoms with Crippen LogP contribution in [0.25, 0.3) is 0 Å². The smallest absolute Gasteiger partial charge is 0.374 e. The maximum Gasteiger partial charge on any atom is 0.374 e. The summed E-state index contributed by atoms with van der Waals surface area (Å²) in [5.41, 5.74) is -0.806. The molecule has 0 aromatic carbocycles. The molecule has 0 bridgehead atoms. The van der Waals surface area contributed by atoms with Gasteiger partial charge < -0.3 is 14.3 Å². The molecule has 2 atom stereocenters. The Hall–Kier alpha value is -1.50. The summed E-state index contributed by atoms with van der Waals surface area (Å²) in [5.74, 6) is -2.52. The first-order valence-electron chi connectivity index (χ1n) is 5.68. The molecule has 2 rings (SSSR count). The van der Waals surface area contributed by atoms with Gasteiger partial charge in [0.2, 0.25) is 11.7 Å². The standard InChI is InChI=1S/C11H13F2NO4/c1-2-6-5(3-4-17-6)10-14-7(9(12)13)8(18-10)11(15)16/h5-6,9H,2-4H2,1H3,(H,15,16). The number of hydrogen-bond acceptors (Lipinski definition) is 4. The number of carboxylic acids is 1. The Morgan fingerprint density at radius 1 is 1.61 bits per heavy atom. The molecule has 2 unspecified atom stereocenters. The Kier molecular flexibility index (Phi) is 3.60. The zero-order chi connectivity index (χ0) is 13.3. The molecular weight excluding hydrogens is 248 g/mol. The predicted octanol–water partition coefficient (Wildman–Crippen LogP) is 2.59. The van der Waals surface area contributed by atoms with Crippen LogP contribution in [0.1, 0.15) is 54.2 Å². The van der Waals surface area contributed by atoms with Crippen molar-refractivity contribution >= 4 is 5.97 Å². The van der Waals surface area contributed by atoms with Crippen molar-refractivity contribution in [2.24, 2.45) is 0 Å². The number of rotatable bonds is 4. The summed E-state index contributed by atoms with van der Waals surface area (Å²) >= 11 is 0. The van der Waals surface area contributed by atoms with E-state index in [0.717, 1.165) is 0 Å². The van der Waals surface area contributed by atoms with Crippen LogP contribution >= 0.6 is 0 Å². The zero-order valence-electron chi connectivity index (χ0n) is 9.73. The van der Waals surface area contributed by atoms with Gasteiger partial charge in [-0.05, 0) is 12.8 Å². The van der Waals surface area contributed by atoms with Crippen LogP contribution in [0.3, 0.4) is 0 Å². The van der Waals surface area contributed by atoms with Crippen molar-refractivity contribution in [3.63, 3.8) is 0 Å². The lowest BCUT2D eigenvalue weighted by atomic mass is 10.00. The molecule has 1 fully saturated rings. The van der Waals surface area contributed by atoms with Crippen molar-refractivity contribution in [1.29, 1.82) is 0 Å². The Morgan fingerprint density at radius 2 is 2.33 bits per heavy atom. The highest BCUT2D eigenvalue weighted by Crippen LogP contribution is 2.35. The van der Waals surface area contributed by atoms with E-state index in [1.165, 1.54) is 0 Å². The van der Waals surface area contributed by atoms with Crippen molar-refractivity contribution in [3.05, 3.63) is 17.3 Å². The summed E-state index contributed by atoms with van der Waals surface area (Å²) in [5, 5.41) is 8.80. The van der Waals surface area contributed by atoms with Gasteiger partial charge in [-0.15, -0.1) is 0 Å². The summed E-state index contributed by atoms with van der Waals surface area (Å²) < 4.78 is 35.7. The van der Waals surface area contributed by atoms with Gasteiger partial charge in [0, 0.05) is 6.61 Å². The number of alkyl halides is 2. The molecule has 1 aromatic heterocycles. The summed E-state index contributed by atoms with van der Waals surface area (Å²) in [6.07, 6.45) is -1.83. The third-order valence-corrected chi connectivity index (χ3v) is 3.00. The molecule has 0 amide bonds. The lowest BCUT2D eigenvalue weighted by Gasteiger charge is -2.12. The molecule has 18 heavy (non-hydrogen) atoms. The van der Waals surface area contributed by atoms with Gasteiger partial charge in [0.05, 0.1) is 12.0 Å². The van der Waals surface area contributed by atoms with Gasteiger partial charge in [-0.25, -0.2) is 18.6 Å². The second-order valence-corrected chi connectivity index (χ2v) is 4.08. The molecule has 1 aliphatic rings. The Morgan fingerprint density at radius 3 is 2.83 bits per heavy atom. The number of aromatic nitrogens is 1. The first kappa shape index (κ1) is 12.9. The van der Waals surface area contributed by atoms with Crippen LogP contribution in [0.2, 0.25) is 0 Å². The van der Waals surface area contributed by atoms with Crippen LogP contribution in [0.5, 0.6) is 0 Å². The summed E-state index contributed by atoms with van der Waals surface area (Å²) in [4.78, 5) is 14.4. The number of ether oxygens (including phenoxy) is 1. The third kappa shape index (κ3) is 2.22. The second kappa shape index (κ2) is 5.01. The first-order valence-corrected chi connectivity index (χ1v) is 5.68. The van der Waals surface area contributed by atoms with Crippen LogP contribution in [0, 0.1) is 0 Å². The fourth-order valence-electron chi connectivity index (χ4n) is 2.14. The minimum absolute atomic E-state index is 0.0343. The second-order valence-electron chi connectivity index (χ2n) is 4.08. The van der Waals surface area contributed by atoms with Crippen molar-refractivity contribution < 1.29 is 27.8 Å². The molecule has 5 nitrogen and oxygen atoms in total. The van der Waals surface area contributed by atoms with E-state index < -0.39 is 23.8 Å². The van der Waals surface area contributed by atoms with Crippen LogP contribution in [0.15, 0.2) is 4.42 Å². The van der Waals surface area contributed by atoms with E-state index in [0.29, 0.717) is 19.4 Å². The number of carbonyl (C=O) groups is 1. The van der Waals surface area contributed by atoms with Gasteiger partial charge in [0.15, 0.2) is 5.69 Å². The van der Waals surface area contributed by atoms with Crippen LogP contribution in [-0.4, -0.2) is 28.8 Å². The first-order chi connectivity index (χ1) is 8.54. The number of oxazole rings is 1.